The Bertz CT molecular complexity index is 1090. The van der Waals surface area contributed by atoms with Crippen LogP contribution in [0.1, 0.15) is 36.4 Å². The van der Waals surface area contributed by atoms with E-state index in [4.69, 9.17) is 44.6 Å². The number of furan rings is 1. The van der Waals surface area contributed by atoms with Crippen molar-refractivity contribution in [2.24, 2.45) is 0 Å². The smallest absolute Gasteiger partial charge is 0.170 e. The van der Waals surface area contributed by atoms with Gasteiger partial charge in [-0.05, 0) is 67.5 Å². The normalized spacial score (nSPS) is 23.4. The SMILES string of the molecule is S=C1N[C@H](c2ccccn2)[C@@H](c2ccc(-c3ccc(Cl)c(Cl)c3)o2)N1C[C@H]1CCCO1. The Morgan fingerprint density at radius 2 is 2.03 bits per heavy atom. The van der Waals surface area contributed by atoms with E-state index in [1.165, 1.54) is 0 Å². The van der Waals surface area contributed by atoms with Crippen molar-refractivity contribution in [2.45, 2.75) is 31.0 Å². The molecule has 0 radical (unpaired) electrons. The fourth-order valence-electron chi connectivity index (χ4n) is 4.24. The number of hydrogen-bond donors (Lipinski definition) is 1. The van der Waals surface area contributed by atoms with Crippen LogP contribution in [-0.2, 0) is 4.74 Å². The molecule has 2 aliphatic rings. The lowest BCUT2D eigenvalue weighted by Gasteiger charge is -2.28. The highest BCUT2D eigenvalue weighted by Gasteiger charge is 2.42. The summed E-state index contributed by atoms with van der Waals surface area (Å²) in [7, 11) is 0. The van der Waals surface area contributed by atoms with Gasteiger partial charge in [-0.25, -0.2) is 0 Å². The molecule has 4 heterocycles. The zero-order valence-corrected chi connectivity index (χ0v) is 19.0. The molecule has 0 amide bonds. The molecule has 0 aliphatic carbocycles. The molecule has 1 N–H and O–H groups in total. The molecule has 0 bridgehead atoms. The number of nitrogens with zero attached hydrogens (tertiary/aromatic N) is 2. The molecule has 2 aliphatic heterocycles. The number of aromatic nitrogens is 1. The molecule has 8 heteroatoms. The number of pyridine rings is 1. The number of benzene rings is 1. The van der Waals surface area contributed by atoms with Crippen molar-refractivity contribution in [3.63, 3.8) is 0 Å². The summed E-state index contributed by atoms with van der Waals surface area (Å²) in [5, 5.41) is 5.14. The fraction of sp³-hybridized carbons (Fsp3) is 0.304. The maximum atomic E-state index is 6.33. The van der Waals surface area contributed by atoms with Crippen LogP contribution in [0.5, 0.6) is 0 Å². The molecule has 5 nitrogen and oxygen atoms in total. The second-order valence-electron chi connectivity index (χ2n) is 7.74. The van der Waals surface area contributed by atoms with Crippen molar-refractivity contribution in [1.29, 1.82) is 0 Å². The predicted molar refractivity (Wildman–Crippen MR) is 125 cm³/mol. The molecular weight excluding hydrogens is 453 g/mol. The third kappa shape index (κ3) is 4.17. The van der Waals surface area contributed by atoms with Gasteiger partial charge >= 0.3 is 0 Å². The molecule has 5 rings (SSSR count). The van der Waals surface area contributed by atoms with Crippen molar-refractivity contribution in [1.82, 2.24) is 15.2 Å². The van der Waals surface area contributed by atoms with Crippen LogP contribution in [0.25, 0.3) is 11.3 Å². The number of rotatable bonds is 5. The molecule has 3 atom stereocenters. The van der Waals surface area contributed by atoms with Gasteiger partial charge in [-0.2, -0.15) is 0 Å². The summed E-state index contributed by atoms with van der Waals surface area (Å²) in [6, 6.07) is 15.1. The van der Waals surface area contributed by atoms with Crippen molar-refractivity contribution < 1.29 is 9.15 Å². The lowest BCUT2D eigenvalue weighted by Crippen LogP contribution is -2.36. The molecule has 160 valence electrons. The average Bonchev–Trinajstić information content (AvgIpc) is 3.52. The minimum absolute atomic E-state index is 0.122. The quantitative estimate of drug-likeness (QED) is 0.472. The van der Waals surface area contributed by atoms with E-state index < -0.39 is 0 Å². The highest BCUT2D eigenvalue weighted by molar-refractivity contribution is 7.80. The van der Waals surface area contributed by atoms with Crippen LogP contribution in [0, 0.1) is 0 Å². The maximum absolute atomic E-state index is 6.33. The molecule has 0 spiro atoms. The second kappa shape index (κ2) is 8.79. The van der Waals surface area contributed by atoms with Crippen LogP contribution in [-0.4, -0.2) is 34.3 Å². The van der Waals surface area contributed by atoms with Crippen LogP contribution in [0.4, 0.5) is 0 Å². The molecule has 0 unspecified atom stereocenters. The maximum Gasteiger partial charge on any atom is 0.170 e. The van der Waals surface area contributed by atoms with Crippen molar-refractivity contribution in [3.8, 4) is 11.3 Å². The van der Waals surface area contributed by atoms with E-state index in [1.54, 1.807) is 12.3 Å². The second-order valence-corrected chi connectivity index (χ2v) is 8.95. The Balaban J connectivity index is 1.50. The van der Waals surface area contributed by atoms with E-state index in [1.807, 2.05) is 42.5 Å². The first-order valence-corrected chi connectivity index (χ1v) is 11.4. The summed E-state index contributed by atoms with van der Waals surface area (Å²) in [6.45, 7) is 1.51. The lowest BCUT2D eigenvalue weighted by atomic mass is 10.0. The molecular formula is C23H21Cl2N3O2S. The Morgan fingerprint density at radius 1 is 1.13 bits per heavy atom. The molecule has 2 fully saturated rings. The van der Waals surface area contributed by atoms with Crippen LogP contribution in [0.15, 0.2) is 59.1 Å². The van der Waals surface area contributed by atoms with E-state index in [2.05, 4.69) is 15.2 Å². The zero-order valence-electron chi connectivity index (χ0n) is 16.6. The van der Waals surface area contributed by atoms with Gasteiger partial charge in [-0.15, -0.1) is 0 Å². The number of nitrogens with one attached hydrogen (secondary N) is 1. The van der Waals surface area contributed by atoms with Crippen LogP contribution in [0.2, 0.25) is 10.0 Å². The summed E-state index contributed by atoms with van der Waals surface area (Å²) >= 11 is 18.0. The summed E-state index contributed by atoms with van der Waals surface area (Å²) in [4.78, 5) is 6.74. The summed E-state index contributed by atoms with van der Waals surface area (Å²) < 4.78 is 12.2. The number of hydrogen-bond acceptors (Lipinski definition) is 4. The Hall–Kier alpha value is -2.12. The Labute approximate surface area is 196 Å². The van der Waals surface area contributed by atoms with Crippen LogP contribution >= 0.6 is 35.4 Å². The first-order chi connectivity index (χ1) is 15.1. The van der Waals surface area contributed by atoms with E-state index in [0.29, 0.717) is 21.7 Å². The van der Waals surface area contributed by atoms with Crippen molar-refractivity contribution in [2.75, 3.05) is 13.2 Å². The van der Waals surface area contributed by atoms with Crippen molar-refractivity contribution in [3.05, 3.63) is 76.2 Å². The molecule has 2 aromatic heterocycles. The molecule has 2 saturated heterocycles. The van der Waals surface area contributed by atoms with Crippen molar-refractivity contribution >= 4 is 40.5 Å². The fourth-order valence-corrected chi connectivity index (χ4v) is 4.85. The largest absolute Gasteiger partial charge is 0.459 e. The summed E-state index contributed by atoms with van der Waals surface area (Å²) in [5.74, 6) is 1.53. The van der Waals surface area contributed by atoms with Gasteiger partial charge in [0.25, 0.3) is 0 Å². The third-order valence-electron chi connectivity index (χ3n) is 5.74. The molecule has 1 aromatic carbocycles. The minimum atomic E-state index is -0.136. The van der Waals surface area contributed by atoms with Gasteiger partial charge in [-0.1, -0.05) is 29.3 Å². The van der Waals surface area contributed by atoms with Gasteiger partial charge in [0, 0.05) is 24.9 Å². The third-order valence-corrected chi connectivity index (χ3v) is 6.84. The zero-order chi connectivity index (χ0) is 21.4. The van der Waals surface area contributed by atoms with E-state index in [-0.39, 0.29) is 18.2 Å². The molecule has 3 aromatic rings. The summed E-state index contributed by atoms with van der Waals surface area (Å²) in [6.07, 6.45) is 4.07. The highest BCUT2D eigenvalue weighted by Crippen LogP contribution is 2.41. The first-order valence-electron chi connectivity index (χ1n) is 10.2. The summed E-state index contributed by atoms with van der Waals surface area (Å²) in [5.41, 5.74) is 1.78. The predicted octanol–water partition coefficient (Wildman–Crippen LogP) is 5.80. The first kappa shape index (κ1) is 20.8. The lowest BCUT2D eigenvalue weighted by molar-refractivity contribution is 0.0818. The molecule has 0 saturated carbocycles. The Morgan fingerprint density at radius 3 is 2.77 bits per heavy atom. The van der Waals surface area contributed by atoms with Gasteiger partial charge in [-0.3, -0.25) is 4.98 Å². The van der Waals surface area contributed by atoms with E-state index >= 15 is 0 Å². The highest BCUT2D eigenvalue weighted by atomic mass is 35.5. The van der Waals surface area contributed by atoms with E-state index in [9.17, 15) is 0 Å². The number of halogens is 2. The van der Waals surface area contributed by atoms with E-state index in [0.717, 1.165) is 42.2 Å². The van der Waals surface area contributed by atoms with Gasteiger partial charge < -0.3 is 19.4 Å². The standard InChI is InChI=1S/C23H21Cl2N3O2S/c24-16-7-6-14(12-17(16)25)19-8-9-20(30-19)22-21(18-5-1-2-10-26-18)27-23(31)28(22)13-15-4-3-11-29-15/h1-2,5-10,12,15,21-22H,3-4,11,13H2,(H,27,31)/t15-,21-,22-/m1/s1. The topological polar surface area (TPSA) is 50.5 Å². The van der Waals surface area contributed by atoms with Gasteiger partial charge in [0.05, 0.1) is 27.9 Å². The van der Waals surface area contributed by atoms with Gasteiger partial charge in [0.2, 0.25) is 0 Å². The Kier molecular flexibility index (Phi) is 5.89. The van der Waals surface area contributed by atoms with Crippen LogP contribution in [0.3, 0.4) is 0 Å². The minimum Gasteiger partial charge on any atom is -0.459 e. The number of ether oxygens (including phenoxy) is 1. The van der Waals surface area contributed by atoms with Crippen LogP contribution < -0.4 is 5.32 Å². The van der Waals surface area contributed by atoms with Gasteiger partial charge in [0.1, 0.15) is 17.6 Å². The average molecular weight is 474 g/mol. The monoisotopic (exact) mass is 473 g/mol. The molecule has 31 heavy (non-hydrogen) atoms. The number of thiocarbonyl (C=S) groups is 1. The van der Waals surface area contributed by atoms with Gasteiger partial charge in [0.15, 0.2) is 5.11 Å².